The number of benzene rings is 1. The van der Waals surface area contributed by atoms with Crippen molar-refractivity contribution in [3.05, 3.63) is 28.2 Å². The number of carbonyl (C=O) groups excluding carboxylic acids is 1. The lowest BCUT2D eigenvalue weighted by atomic mass is 10.3. The van der Waals surface area contributed by atoms with Gasteiger partial charge in [0.05, 0.1) is 15.7 Å². The summed E-state index contributed by atoms with van der Waals surface area (Å²) in [6.07, 6.45) is 1.07. The Morgan fingerprint density at radius 1 is 1.44 bits per heavy atom. The van der Waals surface area contributed by atoms with Crippen molar-refractivity contribution >= 4 is 52.3 Å². The van der Waals surface area contributed by atoms with Crippen LogP contribution < -0.4 is 0 Å². The molecule has 0 saturated carbocycles. The predicted octanol–water partition coefficient (Wildman–Crippen LogP) is 3.88. The van der Waals surface area contributed by atoms with Gasteiger partial charge in [-0.15, -0.1) is 0 Å². The van der Waals surface area contributed by atoms with Crippen LogP contribution in [0, 0.1) is 0 Å². The van der Waals surface area contributed by atoms with E-state index >= 15 is 0 Å². The minimum Gasteiger partial charge on any atom is -0.364 e. The van der Waals surface area contributed by atoms with Gasteiger partial charge in [0.2, 0.25) is 6.40 Å². The molecule has 0 unspecified atom stereocenters. The molecule has 0 saturated heterocycles. The number of hydroxylamine groups is 2. The van der Waals surface area contributed by atoms with Crippen molar-refractivity contribution in [3.8, 4) is 0 Å². The average molecular weight is 282 g/mol. The van der Waals surface area contributed by atoms with E-state index in [2.05, 4.69) is 4.99 Å². The van der Waals surface area contributed by atoms with Gasteiger partial charge >= 0.3 is 5.37 Å². The van der Waals surface area contributed by atoms with Gasteiger partial charge in [-0.1, -0.05) is 23.2 Å². The first kappa shape index (κ1) is 13.1. The molecule has 1 rings (SSSR count). The molecule has 0 aliphatic rings. The summed E-state index contributed by atoms with van der Waals surface area (Å²) in [7, 11) is 1.36. The molecule has 7 heteroatoms. The Kier molecular flexibility index (Phi) is 4.86. The highest BCUT2D eigenvalue weighted by molar-refractivity contribution is 6.62. The SMILES string of the molecule is CN(OC=Nc1ccc(Cl)c(Cl)c1)C(=O)Cl. The second-order valence-corrected chi connectivity index (χ2v) is 3.83. The van der Waals surface area contributed by atoms with Gasteiger partial charge in [0.25, 0.3) is 0 Å². The monoisotopic (exact) mass is 280 g/mol. The molecule has 0 atom stereocenters. The molecule has 0 spiro atoms. The predicted molar refractivity (Wildman–Crippen MR) is 64.7 cm³/mol. The molecule has 0 fully saturated rings. The Bertz CT molecular complexity index is 423. The number of rotatable bonds is 3. The summed E-state index contributed by atoms with van der Waals surface area (Å²) in [5, 5.41) is 0.899. The Labute approximate surface area is 107 Å². The van der Waals surface area contributed by atoms with Crippen molar-refractivity contribution in [1.29, 1.82) is 0 Å². The minimum absolute atomic E-state index is 0.387. The first-order valence-electron chi connectivity index (χ1n) is 4.08. The van der Waals surface area contributed by atoms with E-state index in [1.165, 1.54) is 7.05 Å². The Balaban J connectivity index is 2.63. The molecule has 0 aromatic heterocycles. The van der Waals surface area contributed by atoms with Crippen LogP contribution in [0.15, 0.2) is 23.2 Å². The van der Waals surface area contributed by atoms with Crippen LogP contribution in [0.1, 0.15) is 0 Å². The van der Waals surface area contributed by atoms with E-state index in [1.807, 2.05) is 0 Å². The third-order valence-electron chi connectivity index (χ3n) is 1.56. The molecule has 0 aliphatic carbocycles. The second kappa shape index (κ2) is 5.94. The first-order valence-corrected chi connectivity index (χ1v) is 5.21. The molecule has 1 amide bonds. The molecular formula is C9H7Cl3N2O2. The van der Waals surface area contributed by atoms with Crippen LogP contribution in [0.3, 0.4) is 0 Å². The van der Waals surface area contributed by atoms with E-state index in [9.17, 15) is 4.79 Å². The number of hydrogen-bond donors (Lipinski definition) is 0. The van der Waals surface area contributed by atoms with Gasteiger partial charge in [-0.2, -0.15) is 5.06 Å². The van der Waals surface area contributed by atoms with Crippen LogP contribution in [0.2, 0.25) is 10.0 Å². The van der Waals surface area contributed by atoms with Gasteiger partial charge in [-0.3, -0.25) is 4.79 Å². The third-order valence-corrected chi connectivity index (χ3v) is 2.53. The van der Waals surface area contributed by atoms with Gasteiger partial charge in [0.1, 0.15) is 0 Å². The van der Waals surface area contributed by atoms with E-state index in [1.54, 1.807) is 18.2 Å². The van der Waals surface area contributed by atoms with Crippen LogP contribution in [0.4, 0.5) is 10.5 Å². The number of carbonyl (C=O) groups is 1. The fraction of sp³-hybridized carbons (Fsp3) is 0.111. The molecule has 0 radical (unpaired) electrons. The fourth-order valence-electron chi connectivity index (χ4n) is 0.762. The van der Waals surface area contributed by atoms with Gasteiger partial charge in [0, 0.05) is 7.05 Å². The summed E-state index contributed by atoms with van der Waals surface area (Å²) in [4.78, 5) is 19.2. The zero-order chi connectivity index (χ0) is 12.1. The molecule has 4 nitrogen and oxygen atoms in total. The minimum atomic E-state index is -0.749. The molecule has 1 aromatic rings. The van der Waals surface area contributed by atoms with Crippen LogP contribution >= 0.6 is 34.8 Å². The Morgan fingerprint density at radius 3 is 2.69 bits per heavy atom. The third kappa shape index (κ3) is 3.89. The molecule has 16 heavy (non-hydrogen) atoms. The molecule has 0 N–H and O–H groups in total. The zero-order valence-electron chi connectivity index (χ0n) is 8.15. The maximum atomic E-state index is 10.6. The van der Waals surface area contributed by atoms with Crippen LogP contribution in [-0.2, 0) is 4.84 Å². The van der Waals surface area contributed by atoms with Crippen molar-refractivity contribution in [1.82, 2.24) is 5.06 Å². The highest BCUT2D eigenvalue weighted by atomic mass is 35.5. The molecule has 86 valence electrons. The van der Waals surface area contributed by atoms with E-state index in [0.717, 1.165) is 11.5 Å². The normalized spacial score (nSPS) is 10.5. The van der Waals surface area contributed by atoms with Crippen molar-refractivity contribution < 1.29 is 9.63 Å². The summed E-state index contributed by atoms with van der Waals surface area (Å²) < 4.78 is 0. The fourth-order valence-corrected chi connectivity index (χ4v) is 1.09. The zero-order valence-corrected chi connectivity index (χ0v) is 10.4. The number of aliphatic imine (C=N–C) groups is 1. The molecule has 0 aliphatic heterocycles. The Morgan fingerprint density at radius 2 is 2.12 bits per heavy atom. The van der Waals surface area contributed by atoms with Crippen molar-refractivity contribution in [2.24, 2.45) is 4.99 Å². The van der Waals surface area contributed by atoms with Crippen LogP contribution in [0.5, 0.6) is 0 Å². The summed E-state index contributed by atoms with van der Waals surface area (Å²) >= 11 is 16.6. The average Bonchev–Trinajstić information content (AvgIpc) is 2.23. The quantitative estimate of drug-likeness (QED) is 0.277. The highest BCUT2D eigenvalue weighted by Crippen LogP contribution is 2.26. The standard InChI is InChI=1S/C9H7Cl3N2O2/c1-14(9(12)15)16-5-13-6-2-3-7(10)8(11)4-6/h2-5H,1H3. The smallest absolute Gasteiger partial charge is 0.348 e. The summed E-state index contributed by atoms with van der Waals surface area (Å²) in [5.41, 5.74) is 0.546. The topological polar surface area (TPSA) is 41.9 Å². The number of hydrogen-bond acceptors (Lipinski definition) is 3. The lowest BCUT2D eigenvalue weighted by Crippen LogP contribution is -2.20. The number of nitrogens with zero attached hydrogens (tertiary/aromatic N) is 2. The molecular weight excluding hydrogens is 274 g/mol. The number of amides is 1. The molecule has 0 bridgehead atoms. The van der Waals surface area contributed by atoms with Crippen molar-refractivity contribution in [2.45, 2.75) is 0 Å². The van der Waals surface area contributed by atoms with Crippen molar-refractivity contribution in [2.75, 3.05) is 7.05 Å². The lowest BCUT2D eigenvalue weighted by molar-refractivity contribution is 0.0185. The maximum absolute atomic E-state index is 10.6. The highest BCUT2D eigenvalue weighted by Gasteiger charge is 2.02. The maximum Gasteiger partial charge on any atom is 0.348 e. The van der Waals surface area contributed by atoms with E-state index in [0.29, 0.717) is 15.7 Å². The summed E-state index contributed by atoms with van der Waals surface area (Å²) in [5.74, 6) is 0. The Hall–Kier alpha value is -0.970. The largest absolute Gasteiger partial charge is 0.364 e. The van der Waals surface area contributed by atoms with Crippen LogP contribution in [-0.4, -0.2) is 23.9 Å². The summed E-state index contributed by atoms with van der Waals surface area (Å²) in [6, 6.07) is 4.82. The van der Waals surface area contributed by atoms with Crippen LogP contribution in [0.25, 0.3) is 0 Å². The van der Waals surface area contributed by atoms with Gasteiger partial charge < -0.3 is 4.84 Å². The second-order valence-electron chi connectivity index (χ2n) is 2.69. The van der Waals surface area contributed by atoms with E-state index in [4.69, 9.17) is 39.6 Å². The molecule has 1 aromatic carbocycles. The lowest BCUT2D eigenvalue weighted by Gasteiger charge is -2.08. The van der Waals surface area contributed by atoms with Gasteiger partial charge in [-0.05, 0) is 29.8 Å². The van der Waals surface area contributed by atoms with Crippen molar-refractivity contribution in [3.63, 3.8) is 0 Å². The van der Waals surface area contributed by atoms with E-state index in [-0.39, 0.29) is 0 Å². The molecule has 0 heterocycles. The van der Waals surface area contributed by atoms with Gasteiger partial charge in [-0.25, -0.2) is 4.99 Å². The number of halogens is 3. The first-order chi connectivity index (χ1) is 7.50. The van der Waals surface area contributed by atoms with E-state index < -0.39 is 5.37 Å². The van der Waals surface area contributed by atoms with Gasteiger partial charge in [0.15, 0.2) is 0 Å². The summed E-state index contributed by atoms with van der Waals surface area (Å²) in [6.45, 7) is 0.